The fraction of sp³-hybridized carbons (Fsp3) is 0.429. The topological polar surface area (TPSA) is 23.5 Å². The van der Waals surface area contributed by atoms with E-state index in [0.29, 0.717) is 11.7 Å². The van der Waals surface area contributed by atoms with Crippen LogP contribution in [-0.4, -0.2) is 30.6 Å². The average Bonchev–Trinajstić information content (AvgIpc) is 2.21. The largest absolute Gasteiger partial charge is 0.508 e. The summed E-state index contributed by atoms with van der Waals surface area (Å²) in [5.74, 6) is 0.809. The minimum atomic E-state index is 0.319. The van der Waals surface area contributed by atoms with Gasteiger partial charge in [0.25, 0.3) is 0 Å². The SMILES string of the molecule is C/C=C(/c1ccc(O)cc1)C(C)CN(C)C. The van der Waals surface area contributed by atoms with E-state index in [4.69, 9.17) is 0 Å². The van der Waals surface area contributed by atoms with Crippen LogP contribution in [0.15, 0.2) is 30.3 Å². The van der Waals surface area contributed by atoms with Gasteiger partial charge in [-0.1, -0.05) is 25.1 Å². The highest BCUT2D eigenvalue weighted by Gasteiger charge is 2.11. The number of aromatic hydroxyl groups is 1. The summed E-state index contributed by atoms with van der Waals surface area (Å²) >= 11 is 0. The maximum atomic E-state index is 9.27. The van der Waals surface area contributed by atoms with E-state index < -0.39 is 0 Å². The van der Waals surface area contributed by atoms with Crippen molar-refractivity contribution in [1.82, 2.24) is 4.90 Å². The molecule has 0 fully saturated rings. The number of hydrogen-bond acceptors (Lipinski definition) is 2. The molecule has 1 aromatic rings. The molecule has 0 radical (unpaired) electrons. The van der Waals surface area contributed by atoms with Crippen LogP contribution in [0.25, 0.3) is 5.57 Å². The third kappa shape index (κ3) is 3.38. The van der Waals surface area contributed by atoms with Crippen LogP contribution in [0.5, 0.6) is 5.75 Å². The first-order valence-corrected chi connectivity index (χ1v) is 5.65. The van der Waals surface area contributed by atoms with Crippen molar-refractivity contribution in [1.29, 1.82) is 0 Å². The molecule has 0 bridgehead atoms. The van der Waals surface area contributed by atoms with Crippen molar-refractivity contribution in [2.45, 2.75) is 13.8 Å². The van der Waals surface area contributed by atoms with Gasteiger partial charge in [0.2, 0.25) is 0 Å². The molecule has 16 heavy (non-hydrogen) atoms. The van der Waals surface area contributed by atoms with E-state index in [1.54, 1.807) is 12.1 Å². The summed E-state index contributed by atoms with van der Waals surface area (Å²) in [7, 11) is 4.17. The van der Waals surface area contributed by atoms with E-state index in [2.05, 4.69) is 38.9 Å². The highest BCUT2D eigenvalue weighted by molar-refractivity contribution is 5.67. The van der Waals surface area contributed by atoms with Gasteiger partial charge < -0.3 is 10.0 Å². The highest BCUT2D eigenvalue weighted by atomic mass is 16.3. The third-order valence-corrected chi connectivity index (χ3v) is 2.68. The van der Waals surface area contributed by atoms with Crippen molar-refractivity contribution in [3.05, 3.63) is 35.9 Å². The lowest BCUT2D eigenvalue weighted by Gasteiger charge is -2.20. The second-order valence-corrected chi connectivity index (χ2v) is 4.45. The van der Waals surface area contributed by atoms with E-state index in [-0.39, 0.29) is 0 Å². The van der Waals surface area contributed by atoms with Crippen LogP contribution in [0.3, 0.4) is 0 Å². The van der Waals surface area contributed by atoms with Crippen LogP contribution in [0.2, 0.25) is 0 Å². The maximum Gasteiger partial charge on any atom is 0.115 e. The summed E-state index contributed by atoms with van der Waals surface area (Å²) in [5, 5.41) is 9.27. The van der Waals surface area contributed by atoms with Crippen molar-refractivity contribution in [2.24, 2.45) is 5.92 Å². The monoisotopic (exact) mass is 219 g/mol. The number of benzene rings is 1. The Morgan fingerprint density at radius 1 is 1.31 bits per heavy atom. The van der Waals surface area contributed by atoms with Crippen LogP contribution < -0.4 is 0 Å². The fourth-order valence-electron chi connectivity index (χ4n) is 2.04. The summed E-state index contributed by atoms with van der Waals surface area (Å²) in [4.78, 5) is 2.19. The predicted molar refractivity (Wildman–Crippen MR) is 69.5 cm³/mol. The molecular formula is C14H21NO. The Bertz CT molecular complexity index is 352. The molecule has 88 valence electrons. The van der Waals surface area contributed by atoms with Gasteiger partial charge in [0.1, 0.15) is 5.75 Å². The molecule has 1 rings (SSSR count). The molecule has 1 N–H and O–H groups in total. The van der Waals surface area contributed by atoms with Gasteiger partial charge in [0.15, 0.2) is 0 Å². The van der Waals surface area contributed by atoms with Crippen LogP contribution in [-0.2, 0) is 0 Å². The Morgan fingerprint density at radius 3 is 2.31 bits per heavy atom. The molecule has 0 aliphatic heterocycles. The summed E-state index contributed by atoms with van der Waals surface area (Å²) in [5.41, 5.74) is 2.52. The average molecular weight is 219 g/mol. The van der Waals surface area contributed by atoms with Crippen molar-refractivity contribution in [2.75, 3.05) is 20.6 Å². The van der Waals surface area contributed by atoms with Gasteiger partial charge in [-0.05, 0) is 50.2 Å². The summed E-state index contributed by atoms with van der Waals surface area (Å²) in [6.07, 6.45) is 2.15. The van der Waals surface area contributed by atoms with Gasteiger partial charge in [0, 0.05) is 6.54 Å². The second-order valence-electron chi connectivity index (χ2n) is 4.45. The number of phenolic OH excluding ortho intramolecular Hbond substituents is 1. The summed E-state index contributed by atoms with van der Waals surface area (Å²) < 4.78 is 0. The quantitative estimate of drug-likeness (QED) is 0.841. The standard InChI is InChI=1S/C14H21NO/c1-5-14(11(2)10-15(3)4)12-6-8-13(16)9-7-12/h5-9,11,16H,10H2,1-4H3/b14-5+. The molecule has 0 aliphatic rings. The molecule has 0 saturated heterocycles. The molecule has 2 nitrogen and oxygen atoms in total. The molecule has 0 saturated carbocycles. The minimum absolute atomic E-state index is 0.319. The molecule has 1 atom stereocenters. The molecule has 0 aliphatic carbocycles. The van der Waals surface area contributed by atoms with Gasteiger partial charge in [-0.3, -0.25) is 0 Å². The zero-order valence-corrected chi connectivity index (χ0v) is 10.6. The second kappa shape index (κ2) is 5.71. The molecular weight excluding hydrogens is 198 g/mol. The van der Waals surface area contributed by atoms with Crippen molar-refractivity contribution in [3.63, 3.8) is 0 Å². The Labute approximate surface area is 98.2 Å². The Hall–Kier alpha value is -1.28. The van der Waals surface area contributed by atoms with E-state index in [1.165, 1.54) is 11.1 Å². The Morgan fingerprint density at radius 2 is 1.88 bits per heavy atom. The minimum Gasteiger partial charge on any atom is -0.508 e. The molecule has 1 aromatic carbocycles. The first kappa shape index (κ1) is 12.8. The molecule has 0 amide bonds. The van der Waals surface area contributed by atoms with Gasteiger partial charge in [0.05, 0.1) is 0 Å². The normalized spacial score (nSPS) is 14.2. The lowest BCUT2D eigenvalue weighted by molar-refractivity contribution is 0.376. The smallest absolute Gasteiger partial charge is 0.115 e. The van der Waals surface area contributed by atoms with Gasteiger partial charge in [-0.2, -0.15) is 0 Å². The number of phenols is 1. The first-order valence-electron chi connectivity index (χ1n) is 5.65. The Kier molecular flexibility index (Phi) is 4.56. The number of rotatable bonds is 4. The van der Waals surface area contributed by atoms with E-state index in [0.717, 1.165) is 6.54 Å². The van der Waals surface area contributed by atoms with E-state index in [9.17, 15) is 5.11 Å². The molecule has 0 aromatic heterocycles. The highest BCUT2D eigenvalue weighted by Crippen LogP contribution is 2.25. The molecule has 0 heterocycles. The number of hydrogen-bond donors (Lipinski definition) is 1. The molecule has 1 unspecified atom stereocenters. The van der Waals surface area contributed by atoms with Crippen LogP contribution in [0.4, 0.5) is 0 Å². The zero-order chi connectivity index (χ0) is 12.1. The summed E-state index contributed by atoms with van der Waals surface area (Å²) in [6, 6.07) is 7.41. The predicted octanol–water partition coefficient (Wildman–Crippen LogP) is 2.99. The molecule has 2 heteroatoms. The lowest BCUT2D eigenvalue weighted by Crippen LogP contribution is -2.20. The third-order valence-electron chi connectivity index (χ3n) is 2.68. The first-order chi connectivity index (χ1) is 7.54. The molecule has 0 spiro atoms. The van der Waals surface area contributed by atoms with Crippen LogP contribution >= 0.6 is 0 Å². The zero-order valence-electron chi connectivity index (χ0n) is 10.6. The maximum absolute atomic E-state index is 9.27. The van der Waals surface area contributed by atoms with E-state index >= 15 is 0 Å². The summed E-state index contributed by atoms with van der Waals surface area (Å²) in [6.45, 7) is 5.32. The van der Waals surface area contributed by atoms with Crippen LogP contribution in [0.1, 0.15) is 19.4 Å². The number of nitrogens with zero attached hydrogens (tertiary/aromatic N) is 1. The van der Waals surface area contributed by atoms with E-state index in [1.807, 2.05) is 12.1 Å². The van der Waals surface area contributed by atoms with Gasteiger partial charge in [-0.25, -0.2) is 0 Å². The van der Waals surface area contributed by atoms with Crippen molar-refractivity contribution >= 4 is 5.57 Å². The lowest BCUT2D eigenvalue weighted by atomic mass is 9.93. The van der Waals surface area contributed by atoms with Gasteiger partial charge in [-0.15, -0.1) is 0 Å². The number of allylic oxidation sites excluding steroid dienone is 1. The van der Waals surface area contributed by atoms with Crippen molar-refractivity contribution in [3.8, 4) is 5.75 Å². The fourth-order valence-corrected chi connectivity index (χ4v) is 2.04. The van der Waals surface area contributed by atoms with Crippen molar-refractivity contribution < 1.29 is 5.11 Å². The Balaban J connectivity index is 2.87. The van der Waals surface area contributed by atoms with Crippen LogP contribution in [0, 0.1) is 5.92 Å². The van der Waals surface area contributed by atoms with Gasteiger partial charge >= 0.3 is 0 Å².